The van der Waals surface area contributed by atoms with Crippen molar-refractivity contribution < 1.29 is 38.1 Å². The molecule has 3 N–H and O–H groups in total. The Bertz CT molecular complexity index is 2060. The van der Waals surface area contributed by atoms with E-state index in [1.807, 2.05) is 66.7 Å². The number of nitrogens with one attached hydrogen (secondary N) is 3. The number of unbranched alkanes of at least 4 members (excludes halogenated alkanes) is 1. The van der Waals surface area contributed by atoms with E-state index in [2.05, 4.69) is 29.1 Å². The molecule has 0 aliphatic heterocycles. The number of ether oxygens (including phenoxy) is 4. The van der Waals surface area contributed by atoms with Gasteiger partial charge < -0.3 is 34.9 Å². The minimum absolute atomic E-state index is 0.136. The zero-order chi connectivity index (χ0) is 38.4. The molecule has 276 valence electrons. The molecule has 0 aromatic heterocycles. The number of carbonyl (C=O) groups is 4. The molecule has 0 saturated carbocycles. The molecule has 0 unspecified atom stereocenters. The van der Waals surface area contributed by atoms with Crippen LogP contribution in [0.1, 0.15) is 33.6 Å². The SMILES string of the molecule is C=C/C=C(/NC(=O)/C(=C/CCCNC(=O)OC(C)(C)C)NC(=O)COc1ccc2ccccc2c1-c1c(OCC=C)ccc2ccccc12)C(=O)OC. The highest BCUT2D eigenvalue weighted by molar-refractivity contribution is 6.10. The van der Waals surface area contributed by atoms with Crippen LogP contribution in [0.5, 0.6) is 11.5 Å². The molecule has 4 aromatic rings. The molecule has 11 heteroatoms. The van der Waals surface area contributed by atoms with Gasteiger partial charge >= 0.3 is 12.1 Å². The van der Waals surface area contributed by atoms with Crippen LogP contribution in [0.25, 0.3) is 32.7 Å². The fourth-order valence-corrected chi connectivity index (χ4v) is 5.37. The molecule has 53 heavy (non-hydrogen) atoms. The fourth-order valence-electron chi connectivity index (χ4n) is 5.37. The number of hydrogen-bond donors (Lipinski definition) is 3. The lowest BCUT2D eigenvalue weighted by Gasteiger charge is -2.19. The summed E-state index contributed by atoms with van der Waals surface area (Å²) in [6.45, 7) is 12.7. The second-order valence-electron chi connectivity index (χ2n) is 12.7. The van der Waals surface area contributed by atoms with Gasteiger partial charge in [-0.3, -0.25) is 9.59 Å². The van der Waals surface area contributed by atoms with Gasteiger partial charge in [-0.2, -0.15) is 0 Å². The molecule has 4 rings (SSSR count). The average molecular weight is 720 g/mol. The number of carbonyl (C=O) groups excluding carboxylic acids is 4. The molecule has 0 aliphatic carbocycles. The summed E-state index contributed by atoms with van der Waals surface area (Å²) in [6.07, 6.45) is 5.88. The van der Waals surface area contributed by atoms with Crippen LogP contribution in [-0.4, -0.2) is 56.3 Å². The van der Waals surface area contributed by atoms with Crippen LogP contribution in [0.2, 0.25) is 0 Å². The highest BCUT2D eigenvalue weighted by Gasteiger charge is 2.22. The van der Waals surface area contributed by atoms with E-state index in [4.69, 9.17) is 18.9 Å². The second-order valence-corrected chi connectivity index (χ2v) is 12.7. The monoisotopic (exact) mass is 719 g/mol. The molecule has 0 fully saturated rings. The number of esters is 1. The molecule has 11 nitrogen and oxygen atoms in total. The molecule has 0 heterocycles. The van der Waals surface area contributed by atoms with Crippen molar-refractivity contribution in [2.75, 3.05) is 26.9 Å². The van der Waals surface area contributed by atoms with Gasteiger partial charge in [0.05, 0.1) is 7.11 Å². The standard InChI is InChI=1S/C42H45N3O8/c1-7-15-33(40(48)50-6)45-39(47)32(20-13-14-25-43-41(49)53-42(3,4)5)44-36(46)27-52-35-24-22-29-17-10-12-19-31(29)38(35)37-30-18-11-9-16-28(30)21-23-34(37)51-26-8-2/h7-12,15-24H,1-2,13-14,25-27H2,3-6H3,(H,43,49)(H,44,46)(H,45,47)/b32-20-,33-15+. The van der Waals surface area contributed by atoms with Crippen molar-refractivity contribution in [3.63, 3.8) is 0 Å². The maximum absolute atomic E-state index is 13.5. The van der Waals surface area contributed by atoms with Gasteiger partial charge in [-0.05, 0) is 73.4 Å². The van der Waals surface area contributed by atoms with Gasteiger partial charge in [-0.1, -0.05) is 92.0 Å². The van der Waals surface area contributed by atoms with Gasteiger partial charge in [-0.15, -0.1) is 0 Å². The lowest BCUT2D eigenvalue weighted by atomic mass is 9.92. The average Bonchev–Trinajstić information content (AvgIpc) is 3.13. The zero-order valence-electron chi connectivity index (χ0n) is 30.5. The number of hydrogen-bond acceptors (Lipinski definition) is 8. The summed E-state index contributed by atoms with van der Waals surface area (Å²) in [6, 6.07) is 23.4. The lowest BCUT2D eigenvalue weighted by molar-refractivity contribution is -0.137. The van der Waals surface area contributed by atoms with E-state index in [0.717, 1.165) is 32.7 Å². The molecule has 0 bridgehead atoms. The summed E-state index contributed by atoms with van der Waals surface area (Å²) in [7, 11) is 1.17. The van der Waals surface area contributed by atoms with E-state index in [9.17, 15) is 19.2 Å². The number of methoxy groups -OCH3 is 1. The summed E-state index contributed by atoms with van der Waals surface area (Å²) in [5.41, 5.74) is 0.558. The van der Waals surface area contributed by atoms with Crippen molar-refractivity contribution in [1.29, 1.82) is 0 Å². The Morgan fingerprint density at radius 2 is 1.38 bits per heavy atom. The van der Waals surface area contributed by atoms with Crippen LogP contribution in [0, 0.1) is 0 Å². The van der Waals surface area contributed by atoms with Gasteiger partial charge in [-0.25, -0.2) is 9.59 Å². The van der Waals surface area contributed by atoms with Gasteiger partial charge in [0.25, 0.3) is 11.8 Å². The van der Waals surface area contributed by atoms with Crippen molar-refractivity contribution in [3.8, 4) is 22.6 Å². The Kier molecular flexibility index (Phi) is 14.0. The Hall–Kier alpha value is -6.36. The summed E-state index contributed by atoms with van der Waals surface area (Å²) in [4.78, 5) is 51.2. The van der Waals surface area contributed by atoms with E-state index in [0.29, 0.717) is 17.9 Å². The zero-order valence-corrected chi connectivity index (χ0v) is 30.5. The third-order valence-corrected chi connectivity index (χ3v) is 7.60. The summed E-state index contributed by atoms with van der Waals surface area (Å²) in [5.74, 6) is -1.17. The van der Waals surface area contributed by atoms with E-state index >= 15 is 0 Å². The van der Waals surface area contributed by atoms with Crippen LogP contribution < -0.4 is 25.4 Å². The predicted molar refractivity (Wildman–Crippen MR) is 206 cm³/mol. The Morgan fingerprint density at radius 3 is 1.94 bits per heavy atom. The highest BCUT2D eigenvalue weighted by Crippen LogP contribution is 2.45. The van der Waals surface area contributed by atoms with Gasteiger partial charge in [0.2, 0.25) is 0 Å². The number of benzene rings is 4. The minimum atomic E-state index is -0.803. The molecule has 3 amide bonds. The Labute approximate surface area is 309 Å². The van der Waals surface area contributed by atoms with Crippen LogP contribution in [0.15, 0.2) is 122 Å². The highest BCUT2D eigenvalue weighted by atomic mass is 16.6. The quantitative estimate of drug-likeness (QED) is 0.0361. The lowest BCUT2D eigenvalue weighted by Crippen LogP contribution is -2.38. The molecule has 0 spiro atoms. The fraction of sp³-hybridized carbons (Fsp3) is 0.238. The van der Waals surface area contributed by atoms with Crippen molar-refractivity contribution in [2.45, 2.75) is 39.2 Å². The third-order valence-electron chi connectivity index (χ3n) is 7.60. The first-order valence-corrected chi connectivity index (χ1v) is 17.0. The van der Waals surface area contributed by atoms with Crippen LogP contribution in [-0.2, 0) is 23.9 Å². The number of allylic oxidation sites excluding steroid dienone is 3. The summed E-state index contributed by atoms with van der Waals surface area (Å²) < 4.78 is 22.4. The van der Waals surface area contributed by atoms with E-state index in [1.54, 1.807) is 32.9 Å². The largest absolute Gasteiger partial charge is 0.489 e. The number of amides is 3. The smallest absolute Gasteiger partial charge is 0.407 e. The molecule has 0 radical (unpaired) electrons. The predicted octanol–water partition coefficient (Wildman–Crippen LogP) is 7.27. The van der Waals surface area contributed by atoms with Crippen LogP contribution >= 0.6 is 0 Å². The maximum Gasteiger partial charge on any atom is 0.407 e. The number of alkyl carbamates (subject to hydrolysis) is 1. The van der Waals surface area contributed by atoms with E-state index in [1.165, 1.54) is 25.3 Å². The first-order chi connectivity index (χ1) is 25.4. The second kappa shape index (κ2) is 18.8. The number of fused-ring (bicyclic) bond motifs is 2. The van der Waals surface area contributed by atoms with Gasteiger partial charge in [0, 0.05) is 17.7 Å². The molecule has 0 atom stereocenters. The Morgan fingerprint density at radius 1 is 0.774 bits per heavy atom. The van der Waals surface area contributed by atoms with Crippen molar-refractivity contribution >= 4 is 45.4 Å². The minimum Gasteiger partial charge on any atom is -0.489 e. The van der Waals surface area contributed by atoms with Crippen LogP contribution in [0.4, 0.5) is 4.79 Å². The van der Waals surface area contributed by atoms with E-state index in [-0.39, 0.29) is 31.0 Å². The molecule has 0 aliphatic rings. The molecule has 4 aromatic carbocycles. The van der Waals surface area contributed by atoms with Crippen molar-refractivity contribution in [2.24, 2.45) is 0 Å². The number of rotatable bonds is 16. The maximum atomic E-state index is 13.5. The summed E-state index contributed by atoms with van der Waals surface area (Å²) in [5, 5.41) is 11.5. The van der Waals surface area contributed by atoms with E-state index < -0.39 is 36.1 Å². The van der Waals surface area contributed by atoms with Crippen molar-refractivity contribution in [3.05, 3.63) is 122 Å². The molecular weight excluding hydrogens is 674 g/mol. The normalized spacial score (nSPS) is 11.7. The van der Waals surface area contributed by atoms with Gasteiger partial charge in [0.1, 0.15) is 35.1 Å². The summed E-state index contributed by atoms with van der Waals surface area (Å²) >= 11 is 0. The van der Waals surface area contributed by atoms with Crippen LogP contribution in [0.3, 0.4) is 0 Å². The third kappa shape index (κ3) is 11.1. The molecular formula is C42H45N3O8. The molecule has 0 saturated heterocycles. The van der Waals surface area contributed by atoms with Crippen molar-refractivity contribution in [1.82, 2.24) is 16.0 Å². The first-order valence-electron chi connectivity index (χ1n) is 17.0. The van der Waals surface area contributed by atoms with Gasteiger partial charge in [0.15, 0.2) is 6.61 Å². The topological polar surface area (TPSA) is 141 Å². The first kappa shape index (κ1) is 39.4. The Balaban J connectivity index is 1.62.